The van der Waals surface area contributed by atoms with Gasteiger partial charge in [-0.05, 0) is 63.7 Å². The minimum absolute atomic E-state index is 0.571. The first-order valence-electron chi connectivity index (χ1n) is 8.14. The Morgan fingerprint density at radius 1 is 1.26 bits per heavy atom. The van der Waals surface area contributed by atoms with Crippen molar-refractivity contribution >= 4 is 0 Å². The zero-order valence-corrected chi connectivity index (χ0v) is 13.8. The minimum Gasteiger partial charge on any atom is -0.497 e. The Kier molecular flexibility index (Phi) is 5.25. The molecule has 0 amide bonds. The van der Waals surface area contributed by atoms with Gasteiger partial charge in [0.1, 0.15) is 5.75 Å². The van der Waals surface area contributed by atoms with Gasteiger partial charge in [0, 0.05) is 11.6 Å². The van der Waals surface area contributed by atoms with Gasteiger partial charge in [0.25, 0.3) is 0 Å². The molecule has 0 radical (unpaired) electrons. The highest BCUT2D eigenvalue weighted by Gasteiger charge is 2.19. The van der Waals surface area contributed by atoms with E-state index in [9.17, 15) is 0 Å². The van der Waals surface area contributed by atoms with Gasteiger partial charge in [-0.1, -0.05) is 5.16 Å². The van der Waals surface area contributed by atoms with Crippen LogP contribution >= 0.6 is 0 Å². The van der Waals surface area contributed by atoms with Crippen molar-refractivity contribution in [3.05, 3.63) is 30.2 Å². The van der Waals surface area contributed by atoms with E-state index < -0.39 is 0 Å². The summed E-state index contributed by atoms with van der Waals surface area (Å²) in [4.78, 5) is 6.84. The molecular formula is C17H24N4O2. The number of hydrogen-bond acceptors (Lipinski definition) is 6. The summed E-state index contributed by atoms with van der Waals surface area (Å²) in [5.41, 5.74) is 0.933. The van der Waals surface area contributed by atoms with Crippen LogP contribution in [0.4, 0.5) is 0 Å². The first-order valence-corrected chi connectivity index (χ1v) is 8.14. The number of hydrogen-bond donors (Lipinski definition) is 1. The van der Waals surface area contributed by atoms with Crippen LogP contribution in [0.2, 0.25) is 0 Å². The maximum Gasteiger partial charge on any atom is 0.241 e. The van der Waals surface area contributed by atoms with Crippen molar-refractivity contribution in [2.24, 2.45) is 0 Å². The Morgan fingerprint density at radius 3 is 2.87 bits per heavy atom. The van der Waals surface area contributed by atoms with Crippen LogP contribution in [-0.2, 0) is 6.54 Å². The smallest absolute Gasteiger partial charge is 0.241 e. The molecule has 124 valence electrons. The number of nitrogens with zero attached hydrogens (tertiary/aromatic N) is 3. The SMILES string of the molecule is COc1ccc(-c2noc(CN(C)C3CCCNCC3)n2)cc1. The van der Waals surface area contributed by atoms with Crippen LogP contribution in [-0.4, -0.2) is 48.3 Å². The number of nitrogens with one attached hydrogen (secondary N) is 1. The molecule has 6 nitrogen and oxygen atoms in total. The van der Waals surface area contributed by atoms with Gasteiger partial charge in [0.2, 0.25) is 11.7 Å². The number of aromatic nitrogens is 2. The van der Waals surface area contributed by atoms with Crippen molar-refractivity contribution in [3.8, 4) is 17.1 Å². The monoisotopic (exact) mass is 316 g/mol. The summed E-state index contributed by atoms with van der Waals surface area (Å²) >= 11 is 0. The molecule has 6 heteroatoms. The number of rotatable bonds is 5. The number of benzene rings is 1. The molecule has 1 aliphatic rings. The fraction of sp³-hybridized carbons (Fsp3) is 0.529. The molecule has 1 fully saturated rings. The second-order valence-corrected chi connectivity index (χ2v) is 5.99. The average Bonchev–Trinajstić information content (AvgIpc) is 2.87. The highest BCUT2D eigenvalue weighted by atomic mass is 16.5. The molecule has 1 N–H and O–H groups in total. The zero-order chi connectivity index (χ0) is 16.1. The van der Waals surface area contributed by atoms with Crippen molar-refractivity contribution in [2.75, 3.05) is 27.2 Å². The third kappa shape index (κ3) is 4.09. The highest BCUT2D eigenvalue weighted by molar-refractivity contribution is 5.55. The van der Waals surface area contributed by atoms with Crippen LogP contribution < -0.4 is 10.1 Å². The predicted molar refractivity (Wildman–Crippen MR) is 88.3 cm³/mol. The molecule has 0 spiro atoms. The van der Waals surface area contributed by atoms with Gasteiger partial charge in [0.15, 0.2) is 0 Å². The van der Waals surface area contributed by atoms with E-state index in [-0.39, 0.29) is 0 Å². The first-order chi connectivity index (χ1) is 11.3. The molecule has 1 saturated heterocycles. The predicted octanol–water partition coefficient (Wildman–Crippen LogP) is 2.32. The first kappa shape index (κ1) is 16.0. The fourth-order valence-electron chi connectivity index (χ4n) is 2.96. The Labute approximate surface area is 136 Å². The van der Waals surface area contributed by atoms with Gasteiger partial charge < -0.3 is 14.6 Å². The van der Waals surface area contributed by atoms with Gasteiger partial charge in [-0.15, -0.1) is 0 Å². The van der Waals surface area contributed by atoms with Crippen molar-refractivity contribution < 1.29 is 9.26 Å². The summed E-state index contributed by atoms with van der Waals surface area (Å²) in [6.07, 6.45) is 3.59. The van der Waals surface area contributed by atoms with E-state index in [1.165, 1.54) is 12.8 Å². The Balaban J connectivity index is 1.63. The molecule has 23 heavy (non-hydrogen) atoms. The van der Waals surface area contributed by atoms with E-state index in [2.05, 4.69) is 27.4 Å². The van der Waals surface area contributed by atoms with Crippen LogP contribution in [0, 0.1) is 0 Å². The molecular weight excluding hydrogens is 292 g/mol. The van der Waals surface area contributed by atoms with Crippen molar-refractivity contribution in [1.82, 2.24) is 20.4 Å². The molecule has 0 saturated carbocycles. The van der Waals surface area contributed by atoms with Crippen LogP contribution in [0.25, 0.3) is 11.4 Å². The summed E-state index contributed by atoms with van der Waals surface area (Å²) < 4.78 is 10.6. The molecule has 2 heterocycles. The second kappa shape index (κ2) is 7.57. The summed E-state index contributed by atoms with van der Waals surface area (Å²) in [5.74, 6) is 2.10. The van der Waals surface area contributed by atoms with Crippen LogP contribution in [0.3, 0.4) is 0 Å². The summed E-state index contributed by atoms with van der Waals surface area (Å²) in [6, 6.07) is 8.25. The third-order valence-electron chi connectivity index (χ3n) is 4.37. The topological polar surface area (TPSA) is 63.4 Å². The lowest BCUT2D eigenvalue weighted by molar-refractivity contribution is 0.190. The quantitative estimate of drug-likeness (QED) is 0.913. The van der Waals surface area contributed by atoms with Gasteiger partial charge in [-0.3, -0.25) is 4.90 Å². The maximum atomic E-state index is 5.42. The highest BCUT2D eigenvalue weighted by Crippen LogP contribution is 2.21. The zero-order valence-electron chi connectivity index (χ0n) is 13.8. The number of ether oxygens (including phenoxy) is 1. The van der Waals surface area contributed by atoms with Crippen molar-refractivity contribution in [2.45, 2.75) is 31.8 Å². The molecule has 1 aromatic carbocycles. The third-order valence-corrected chi connectivity index (χ3v) is 4.37. The molecule has 2 aromatic rings. The standard InChI is InChI=1S/C17H24N4O2/c1-21(14-4-3-10-18-11-9-14)12-16-19-17(20-23-16)13-5-7-15(22-2)8-6-13/h5-8,14,18H,3-4,9-12H2,1-2H3. The van der Waals surface area contributed by atoms with Gasteiger partial charge in [-0.25, -0.2) is 0 Å². The molecule has 0 bridgehead atoms. The average molecular weight is 316 g/mol. The van der Waals surface area contributed by atoms with Crippen LogP contribution in [0.15, 0.2) is 28.8 Å². The number of methoxy groups -OCH3 is 1. The van der Waals surface area contributed by atoms with E-state index in [1.807, 2.05) is 24.3 Å². The Hall–Kier alpha value is -1.92. The summed E-state index contributed by atoms with van der Waals surface area (Å²) in [7, 11) is 3.79. The minimum atomic E-state index is 0.571. The second-order valence-electron chi connectivity index (χ2n) is 5.99. The maximum absolute atomic E-state index is 5.42. The molecule has 1 unspecified atom stereocenters. The van der Waals surface area contributed by atoms with Gasteiger partial charge >= 0.3 is 0 Å². The molecule has 1 aliphatic heterocycles. The summed E-state index contributed by atoms with van der Waals surface area (Å²) in [6.45, 7) is 2.89. The molecule has 1 atom stereocenters. The van der Waals surface area contributed by atoms with Crippen LogP contribution in [0.1, 0.15) is 25.2 Å². The van der Waals surface area contributed by atoms with Crippen molar-refractivity contribution in [3.63, 3.8) is 0 Å². The molecule has 3 rings (SSSR count). The van der Waals surface area contributed by atoms with Crippen LogP contribution in [0.5, 0.6) is 5.75 Å². The van der Waals surface area contributed by atoms with E-state index in [1.54, 1.807) is 7.11 Å². The van der Waals surface area contributed by atoms with Gasteiger partial charge in [-0.2, -0.15) is 4.98 Å². The van der Waals surface area contributed by atoms with E-state index in [0.29, 0.717) is 24.3 Å². The lowest BCUT2D eigenvalue weighted by Crippen LogP contribution is -2.32. The van der Waals surface area contributed by atoms with E-state index in [4.69, 9.17) is 9.26 Å². The van der Waals surface area contributed by atoms with Crippen molar-refractivity contribution in [1.29, 1.82) is 0 Å². The largest absolute Gasteiger partial charge is 0.497 e. The Morgan fingerprint density at radius 2 is 2.09 bits per heavy atom. The Bertz CT molecular complexity index is 603. The van der Waals surface area contributed by atoms with E-state index >= 15 is 0 Å². The summed E-state index contributed by atoms with van der Waals surface area (Å²) in [5, 5.41) is 7.54. The van der Waals surface area contributed by atoms with E-state index in [0.717, 1.165) is 30.8 Å². The normalized spacial score (nSPS) is 18.8. The molecule has 1 aromatic heterocycles. The fourth-order valence-corrected chi connectivity index (χ4v) is 2.96. The lowest BCUT2D eigenvalue weighted by Gasteiger charge is -2.25. The molecule has 0 aliphatic carbocycles. The lowest BCUT2D eigenvalue weighted by atomic mass is 10.1. The van der Waals surface area contributed by atoms with Gasteiger partial charge in [0.05, 0.1) is 13.7 Å².